The van der Waals surface area contributed by atoms with Crippen molar-refractivity contribution in [3.8, 4) is 5.75 Å². The Morgan fingerprint density at radius 2 is 2.17 bits per heavy atom. The van der Waals surface area contributed by atoms with Gasteiger partial charge in [-0.1, -0.05) is 15.9 Å². The van der Waals surface area contributed by atoms with Gasteiger partial charge in [0.1, 0.15) is 12.3 Å². The Labute approximate surface area is 155 Å². The maximum Gasteiger partial charge on any atom is 0.265 e. The van der Waals surface area contributed by atoms with E-state index in [1.54, 1.807) is 6.07 Å². The van der Waals surface area contributed by atoms with E-state index in [0.717, 1.165) is 23.7 Å². The molecule has 2 aliphatic heterocycles. The molecule has 1 atom stereocenters. The van der Waals surface area contributed by atoms with Crippen molar-refractivity contribution in [2.45, 2.75) is 25.3 Å². The highest BCUT2D eigenvalue weighted by atomic mass is 79.9. The molecule has 1 aromatic rings. The molecule has 6 nitrogen and oxygen atoms in total. The lowest BCUT2D eigenvalue weighted by Gasteiger charge is -2.37. The molecule has 2 heterocycles. The lowest BCUT2D eigenvalue weighted by molar-refractivity contribution is -0.134. The fourth-order valence-corrected chi connectivity index (χ4v) is 3.49. The van der Waals surface area contributed by atoms with Gasteiger partial charge < -0.3 is 15.4 Å². The summed E-state index contributed by atoms with van der Waals surface area (Å²) >= 11 is 3.38. The molecule has 2 amide bonds. The smallest absolute Gasteiger partial charge is 0.265 e. The van der Waals surface area contributed by atoms with E-state index in [1.807, 2.05) is 17.0 Å². The number of anilines is 1. The predicted molar refractivity (Wildman–Crippen MR) is 97.6 cm³/mol. The molecule has 0 aliphatic carbocycles. The zero-order chi connectivity index (χ0) is 16.4. The predicted octanol–water partition coefficient (Wildman–Crippen LogP) is 1.94. The Morgan fingerprint density at radius 3 is 2.92 bits per heavy atom. The number of likely N-dealkylation sites (tertiary alicyclic amines) is 1. The lowest BCUT2D eigenvalue weighted by atomic mass is 10.0. The average molecular weight is 419 g/mol. The van der Waals surface area contributed by atoms with E-state index < -0.39 is 0 Å². The number of hydrogen-bond acceptors (Lipinski definition) is 4. The maximum atomic E-state index is 12.7. The van der Waals surface area contributed by atoms with Crippen molar-refractivity contribution >= 4 is 45.8 Å². The first-order valence-electron chi connectivity index (χ1n) is 7.82. The van der Waals surface area contributed by atoms with E-state index in [-0.39, 0.29) is 43.4 Å². The molecule has 1 aromatic carbocycles. The lowest BCUT2D eigenvalue weighted by Crippen LogP contribution is -2.52. The largest absolute Gasteiger partial charge is 0.482 e. The molecule has 24 heavy (non-hydrogen) atoms. The summed E-state index contributed by atoms with van der Waals surface area (Å²) in [6.45, 7) is 1.17. The fourth-order valence-electron chi connectivity index (χ4n) is 3.15. The molecule has 0 aromatic heterocycles. The molecule has 0 saturated carbocycles. The van der Waals surface area contributed by atoms with Gasteiger partial charge in [0.05, 0.1) is 5.69 Å². The SMILES string of the molecule is Cl.NCC1CCCCN1C(=O)CN1C(=O)COc2cc(Br)ccc21. The normalized spacial score (nSPS) is 20.1. The van der Waals surface area contributed by atoms with Crippen LogP contribution in [0.5, 0.6) is 5.75 Å². The molecular formula is C16H21BrClN3O3. The number of halogens is 2. The summed E-state index contributed by atoms with van der Waals surface area (Å²) in [6.07, 6.45) is 3.02. The second-order valence-corrected chi connectivity index (χ2v) is 6.77. The Balaban J connectivity index is 0.00000208. The van der Waals surface area contributed by atoms with Crippen LogP contribution in [0.3, 0.4) is 0 Å². The molecule has 132 valence electrons. The highest BCUT2D eigenvalue weighted by Crippen LogP contribution is 2.34. The summed E-state index contributed by atoms with van der Waals surface area (Å²) in [5.74, 6) is 0.361. The average Bonchev–Trinajstić information content (AvgIpc) is 2.57. The molecule has 1 unspecified atom stereocenters. The highest BCUT2D eigenvalue weighted by Gasteiger charge is 2.31. The zero-order valence-corrected chi connectivity index (χ0v) is 15.6. The van der Waals surface area contributed by atoms with Crippen molar-refractivity contribution in [2.24, 2.45) is 5.73 Å². The zero-order valence-electron chi connectivity index (χ0n) is 13.2. The van der Waals surface area contributed by atoms with Gasteiger partial charge in [0.2, 0.25) is 5.91 Å². The van der Waals surface area contributed by atoms with E-state index in [9.17, 15) is 9.59 Å². The number of carbonyl (C=O) groups excluding carboxylic acids is 2. The number of rotatable bonds is 3. The standard InChI is InChI=1S/C16H20BrN3O3.ClH/c17-11-4-5-13-14(7-11)23-10-16(22)20(13)9-15(21)19-6-2-1-3-12(19)8-18;/h4-5,7,12H,1-3,6,8-10,18H2;1H. The summed E-state index contributed by atoms with van der Waals surface area (Å²) in [7, 11) is 0. The first-order valence-corrected chi connectivity index (χ1v) is 8.61. The Morgan fingerprint density at radius 1 is 1.38 bits per heavy atom. The van der Waals surface area contributed by atoms with Crippen molar-refractivity contribution in [3.63, 3.8) is 0 Å². The second kappa shape index (κ2) is 8.18. The monoisotopic (exact) mass is 417 g/mol. The number of ether oxygens (including phenoxy) is 1. The van der Waals surface area contributed by atoms with E-state index in [0.29, 0.717) is 24.5 Å². The van der Waals surface area contributed by atoms with Crippen LogP contribution in [-0.4, -0.2) is 49.0 Å². The number of amides is 2. The van der Waals surface area contributed by atoms with Crippen LogP contribution in [0.2, 0.25) is 0 Å². The van der Waals surface area contributed by atoms with Crippen molar-refractivity contribution in [1.29, 1.82) is 0 Å². The summed E-state index contributed by atoms with van der Waals surface area (Å²) in [5, 5.41) is 0. The van der Waals surface area contributed by atoms with Crippen LogP contribution in [0.15, 0.2) is 22.7 Å². The summed E-state index contributed by atoms with van der Waals surface area (Å²) in [5.41, 5.74) is 6.42. The fraction of sp³-hybridized carbons (Fsp3) is 0.500. The highest BCUT2D eigenvalue weighted by molar-refractivity contribution is 9.10. The van der Waals surface area contributed by atoms with E-state index >= 15 is 0 Å². The van der Waals surface area contributed by atoms with Crippen LogP contribution in [0, 0.1) is 0 Å². The van der Waals surface area contributed by atoms with Crippen LogP contribution in [0.1, 0.15) is 19.3 Å². The van der Waals surface area contributed by atoms with Crippen molar-refractivity contribution in [3.05, 3.63) is 22.7 Å². The third-order valence-electron chi connectivity index (χ3n) is 4.38. The van der Waals surface area contributed by atoms with Crippen LogP contribution < -0.4 is 15.4 Å². The van der Waals surface area contributed by atoms with Gasteiger partial charge in [-0.25, -0.2) is 0 Å². The number of benzene rings is 1. The molecule has 1 fully saturated rings. The van der Waals surface area contributed by atoms with Crippen molar-refractivity contribution in [2.75, 3.05) is 31.1 Å². The number of fused-ring (bicyclic) bond motifs is 1. The third kappa shape index (κ3) is 3.84. The number of piperidine rings is 1. The van der Waals surface area contributed by atoms with Gasteiger partial charge in [-0.15, -0.1) is 12.4 Å². The van der Waals surface area contributed by atoms with Gasteiger partial charge in [-0.05, 0) is 37.5 Å². The van der Waals surface area contributed by atoms with Gasteiger partial charge in [0, 0.05) is 23.6 Å². The molecule has 3 rings (SSSR count). The van der Waals surface area contributed by atoms with Crippen molar-refractivity contribution in [1.82, 2.24) is 4.90 Å². The molecule has 0 radical (unpaired) electrons. The van der Waals surface area contributed by atoms with Crippen molar-refractivity contribution < 1.29 is 14.3 Å². The van der Waals surface area contributed by atoms with Gasteiger partial charge in [0.15, 0.2) is 6.61 Å². The molecule has 1 saturated heterocycles. The number of carbonyl (C=O) groups is 2. The van der Waals surface area contributed by atoms with Gasteiger partial charge >= 0.3 is 0 Å². The van der Waals surface area contributed by atoms with Gasteiger partial charge in [0.25, 0.3) is 5.91 Å². The molecule has 0 spiro atoms. The second-order valence-electron chi connectivity index (χ2n) is 5.85. The topological polar surface area (TPSA) is 75.9 Å². The molecule has 8 heteroatoms. The first kappa shape index (κ1) is 19.0. The van der Waals surface area contributed by atoms with Crippen LogP contribution in [0.25, 0.3) is 0 Å². The van der Waals surface area contributed by atoms with E-state index in [4.69, 9.17) is 10.5 Å². The Bertz CT molecular complexity index is 629. The Kier molecular flexibility index (Phi) is 6.48. The minimum absolute atomic E-state index is 0. The first-order chi connectivity index (χ1) is 11.1. The molecule has 0 bridgehead atoms. The minimum Gasteiger partial charge on any atom is -0.482 e. The summed E-state index contributed by atoms with van der Waals surface area (Å²) < 4.78 is 6.32. The number of hydrogen-bond donors (Lipinski definition) is 1. The van der Waals surface area contributed by atoms with Gasteiger partial charge in [-0.2, -0.15) is 0 Å². The van der Waals surface area contributed by atoms with Crippen LogP contribution in [0.4, 0.5) is 5.69 Å². The summed E-state index contributed by atoms with van der Waals surface area (Å²) in [4.78, 5) is 28.2. The Hall–Kier alpha value is -1.31. The minimum atomic E-state index is -0.200. The summed E-state index contributed by atoms with van der Waals surface area (Å²) in [6, 6.07) is 5.52. The number of nitrogens with zero attached hydrogens (tertiary/aromatic N) is 2. The van der Waals surface area contributed by atoms with E-state index in [2.05, 4.69) is 15.9 Å². The number of nitrogens with two attached hydrogens (primary N) is 1. The van der Waals surface area contributed by atoms with Crippen LogP contribution >= 0.6 is 28.3 Å². The quantitative estimate of drug-likeness (QED) is 0.814. The molecule has 2 aliphatic rings. The molecule has 2 N–H and O–H groups in total. The van der Waals surface area contributed by atoms with Gasteiger partial charge in [-0.3, -0.25) is 14.5 Å². The van der Waals surface area contributed by atoms with Crippen LogP contribution in [-0.2, 0) is 9.59 Å². The van der Waals surface area contributed by atoms with E-state index in [1.165, 1.54) is 4.90 Å². The maximum absolute atomic E-state index is 12.7. The third-order valence-corrected chi connectivity index (χ3v) is 4.87. The molecular weight excluding hydrogens is 398 g/mol.